The van der Waals surface area contributed by atoms with Gasteiger partial charge in [-0.1, -0.05) is 197 Å². The van der Waals surface area contributed by atoms with Gasteiger partial charge in [-0.3, -0.25) is 14.4 Å². The maximum atomic E-state index is 12.8. The summed E-state index contributed by atoms with van der Waals surface area (Å²) in [6, 6.07) is 0. The summed E-state index contributed by atoms with van der Waals surface area (Å²) in [7, 11) is 0. The van der Waals surface area contributed by atoms with E-state index < -0.39 is 6.10 Å². The van der Waals surface area contributed by atoms with Crippen LogP contribution in [0.3, 0.4) is 0 Å². The summed E-state index contributed by atoms with van der Waals surface area (Å²) in [5, 5.41) is 0. The number of unbranched alkanes of at least 4 members (excludes halogenated alkanes) is 23. The summed E-state index contributed by atoms with van der Waals surface area (Å²) in [6.45, 7) is 6.46. The van der Waals surface area contributed by atoms with Gasteiger partial charge in [0.1, 0.15) is 13.2 Å². The quantitative estimate of drug-likeness (QED) is 0.0263. The molecule has 0 aromatic rings. The molecule has 0 heterocycles. The molecular weight excluding hydrogens is 733 g/mol. The number of hydrogen-bond donors (Lipinski definition) is 0. The highest BCUT2D eigenvalue weighted by molar-refractivity contribution is 5.71. The lowest BCUT2D eigenvalue weighted by molar-refractivity contribution is -0.167. The third-order valence-corrected chi connectivity index (χ3v) is 10.5. The van der Waals surface area contributed by atoms with Gasteiger partial charge in [0.25, 0.3) is 0 Å². The highest BCUT2D eigenvalue weighted by atomic mass is 16.6. The van der Waals surface area contributed by atoms with E-state index in [1.807, 2.05) is 0 Å². The Balaban J connectivity index is 4.37. The first kappa shape index (κ1) is 56.1. The maximum Gasteiger partial charge on any atom is 0.306 e. The van der Waals surface area contributed by atoms with Gasteiger partial charge in [-0.25, -0.2) is 0 Å². The van der Waals surface area contributed by atoms with Gasteiger partial charge in [-0.2, -0.15) is 0 Å². The summed E-state index contributed by atoms with van der Waals surface area (Å²) in [6.07, 6.45) is 57.7. The van der Waals surface area contributed by atoms with Crippen molar-refractivity contribution in [1.29, 1.82) is 0 Å². The van der Waals surface area contributed by atoms with Crippen molar-refractivity contribution in [3.63, 3.8) is 0 Å². The molecule has 0 amide bonds. The van der Waals surface area contributed by atoms with Crippen molar-refractivity contribution in [3.05, 3.63) is 60.8 Å². The van der Waals surface area contributed by atoms with Gasteiger partial charge < -0.3 is 14.2 Å². The molecule has 0 radical (unpaired) electrons. The van der Waals surface area contributed by atoms with Gasteiger partial charge in [0.2, 0.25) is 0 Å². The van der Waals surface area contributed by atoms with Gasteiger partial charge in [0.15, 0.2) is 6.10 Å². The molecule has 0 fully saturated rings. The molecule has 0 rings (SSSR count). The van der Waals surface area contributed by atoms with Crippen molar-refractivity contribution in [1.82, 2.24) is 0 Å². The zero-order chi connectivity index (χ0) is 43.0. The molecule has 0 aliphatic heterocycles. The van der Waals surface area contributed by atoms with Crippen LogP contribution < -0.4 is 0 Å². The number of rotatable bonds is 44. The molecule has 0 aromatic heterocycles. The molecule has 0 aliphatic rings. The molecule has 0 aromatic carbocycles. The fourth-order valence-electron chi connectivity index (χ4n) is 6.78. The van der Waals surface area contributed by atoms with E-state index in [-0.39, 0.29) is 31.1 Å². The molecular formula is C53H92O6. The van der Waals surface area contributed by atoms with Crippen LogP contribution in [0.15, 0.2) is 60.8 Å². The number of carbonyl (C=O) groups excluding carboxylic acids is 3. The third-order valence-electron chi connectivity index (χ3n) is 10.5. The van der Waals surface area contributed by atoms with Crippen LogP contribution in [0.1, 0.15) is 239 Å². The molecule has 0 bridgehead atoms. The zero-order valence-electron chi connectivity index (χ0n) is 38.8. The highest BCUT2D eigenvalue weighted by Crippen LogP contribution is 2.14. The van der Waals surface area contributed by atoms with E-state index >= 15 is 0 Å². The van der Waals surface area contributed by atoms with Gasteiger partial charge in [-0.05, 0) is 83.5 Å². The van der Waals surface area contributed by atoms with Crippen molar-refractivity contribution in [3.8, 4) is 0 Å². The average molecular weight is 825 g/mol. The van der Waals surface area contributed by atoms with Crippen LogP contribution in [0.25, 0.3) is 0 Å². The minimum absolute atomic E-state index is 0.0829. The summed E-state index contributed by atoms with van der Waals surface area (Å²) in [5.41, 5.74) is 0. The van der Waals surface area contributed by atoms with Gasteiger partial charge >= 0.3 is 17.9 Å². The molecule has 0 N–H and O–H groups in total. The van der Waals surface area contributed by atoms with E-state index in [0.717, 1.165) is 109 Å². The second kappa shape index (κ2) is 47.8. The largest absolute Gasteiger partial charge is 0.462 e. The number of hydrogen-bond acceptors (Lipinski definition) is 6. The van der Waals surface area contributed by atoms with E-state index in [2.05, 4.69) is 81.5 Å². The van der Waals surface area contributed by atoms with Crippen LogP contribution in [0.2, 0.25) is 0 Å². The molecule has 6 heteroatoms. The maximum absolute atomic E-state index is 12.8. The monoisotopic (exact) mass is 825 g/mol. The summed E-state index contributed by atoms with van der Waals surface area (Å²) in [4.78, 5) is 37.8. The predicted molar refractivity (Wildman–Crippen MR) is 251 cm³/mol. The number of esters is 3. The lowest BCUT2D eigenvalue weighted by Gasteiger charge is -2.18. The molecule has 59 heavy (non-hydrogen) atoms. The average Bonchev–Trinajstić information content (AvgIpc) is 3.23. The Morgan fingerprint density at radius 2 is 0.661 bits per heavy atom. The van der Waals surface area contributed by atoms with Crippen LogP contribution in [0, 0.1) is 0 Å². The van der Waals surface area contributed by atoms with Crippen LogP contribution in [0.5, 0.6) is 0 Å². The Labute approximate surface area is 364 Å². The number of ether oxygens (including phenoxy) is 3. The fraction of sp³-hybridized carbons (Fsp3) is 0.755. The molecule has 0 spiro atoms. The lowest BCUT2D eigenvalue weighted by Crippen LogP contribution is -2.30. The fourth-order valence-corrected chi connectivity index (χ4v) is 6.78. The van der Waals surface area contributed by atoms with Crippen molar-refractivity contribution in [2.45, 2.75) is 245 Å². The van der Waals surface area contributed by atoms with Crippen molar-refractivity contribution >= 4 is 17.9 Å². The second-order valence-electron chi connectivity index (χ2n) is 16.3. The first-order chi connectivity index (χ1) is 29.0. The van der Waals surface area contributed by atoms with Crippen LogP contribution >= 0.6 is 0 Å². The van der Waals surface area contributed by atoms with Crippen LogP contribution in [-0.2, 0) is 28.6 Å². The molecule has 0 unspecified atom stereocenters. The third kappa shape index (κ3) is 46.0. The Morgan fingerprint density at radius 1 is 0.356 bits per heavy atom. The lowest BCUT2D eigenvalue weighted by atomic mass is 10.1. The topological polar surface area (TPSA) is 78.9 Å². The van der Waals surface area contributed by atoms with Crippen molar-refractivity contribution in [2.75, 3.05) is 13.2 Å². The molecule has 6 nitrogen and oxygen atoms in total. The minimum Gasteiger partial charge on any atom is -0.462 e. The van der Waals surface area contributed by atoms with E-state index in [1.54, 1.807) is 0 Å². The standard InChI is InChI=1S/C53H92O6/c1-4-7-10-13-16-19-21-23-25-26-28-29-31-34-37-40-43-46-52(55)58-49-50(48-57-51(54)45-42-39-36-33-18-15-12-9-6-3)59-53(56)47-44-41-38-35-32-30-27-24-22-20-17-14-11-8-5-2/h8,11,16-17,19-20,23-25,27,50H,4-7,9-10,12-15,18,21-22,26,28-49H2,1-3H3/b11-8-,19-16-,20-17-,25-23-,27-24-/t50-/m1/s1. The molecule has 0 saturated carbocycles. The smallest absolute Gasteiger partial charge is 0.306 e. The predicted octanol–water partition coefficient (Wildman–Crippen LogP) is 16.1. The number of allylic oxidation sites excluding steroid dienone is 10. The first-order valence-corrected chi connectivity index (χ1v) is 24.8. The van der Waals surface area contributed by atoms with E-state index in [4.69, 9.17) is 14.2 Å². The van der Waals surface area contributed by atoms with E-state index in [9.17, 15) is 14.4 Å². The molecule has 1 atom stereocenters. The van der Waals surface area contributed by atoms with Crippen LogP contribution in [0.4, 0.5) is 0 Å². The molecule has 0 aliphatic carbocycles. The normalized spacial score (nSPS) is 12.5. The summed E-state index contributed by atoms with van der Waals surface area (Å²) in [5.74, 6) is -0.909. The summed E-state index contributed by atoms with van der Waals surface area (Å²) >= 11 is 0. The molecule has 340 valence electrons. The Morgan fingerprint density at radius 3 is 1.07 bits per heavy atom. The second-order valence-corrected chi connectivity index (χ2v) is 16.3. The van der Waals surface area contributed by atoms with Crippen LogP contribution in [-0.4, -0.2) is 37.2 Å². The van der Waals surface area contributed by atoms with E-state index in [0.29, 0.717) is 19.3 Å². The van der Waals surface area contributed by atoms with Gasteiger partial charge in [-0.15, -0.1) is 0 Å². The summed E-state index contributed by atoms with van der Waals surface area (Å²) < 4.78 is 16.7. The Bertz CT molecular complexity index is 1090. The number of carbonyl (C=O) groups is 3. The van der Waals surface area contributed by atoms with Crippen molar-refractivity contribution < 1.29 is 28.6 Å². The van der Waals surface area contributed by atoms with E-state index in [1.165, 1.54) is 89.9 Å². The Kier molecular flexibility index (Phi) is 45.4. The SMILES string of the molecule is CC/C=C\C/C=C\C/C=C\CCCCCCCC(=O)O[C@@H](COC(=O)CCCCCCCCC/C=C\C/C=C\CCCCC)COC(=O)CCCCCCCCCCC. The van der Waals surface area contributed by atoms with Gasteiger partial charge in [0, 0.05) is 19.3 Å². The first-order valence-electron chi connectivity index (χ1n) is 24.8. The van der Waals surface area contributed by atoms with Crippen molar-refractivity contribution in [2.24, 2.45) is 0 Å². The Hall–Kier alpha value is -2.89. The highest BCUT2D eigenvalue weighted by Gasteiger charge is 2.19. The van der Waals surface area contributed by atoms with Gasteiger partial charge in [0.05, 0.1) is 0 Å². The minimum atomic E-state index is -0.783. The molecule has 0 saturated heterocycles. The zero-order valence-corrected chi connectivity index (χ0v) is 38.8.